The van der Waals surface area contributed by atoms with Crippen LogP contribution in [0.2, 0.25) is 0 Å². The molecule has 3 heterocycles. The maximum Gasteiger partial charge on any atom is 0.257 e. The van der Waals surface area contributed by atoms with Crippen LogP contribution in [0.4, 0.5) is 5.82 Å². The second-order valence-corrected chi connectivity index (χ2v) is 7.06. The lowest BCUT2D eigenvalue weighted by molar-refractivity contribution is 0.0793. The van der Waals surface area contributed by atoms with E-state index in [1.807, 2.05) is 53.2 Å². The Kier molecular flexibility index (Phi) is 5.10. The number of anilines is 1. The third-order valence-electron chi connectivity index (χ3n) is 5.22. The smallest absolute Gasteiger partial charge is 0.257 e. The second-order valence-electron chi connectivity index (χ2n) is 7.06. The number of carbonyl (C=O) groups is 1. The number of hydrogen-bond donors (Lipinski definition) is 0. The first-order chi connectivity index (χ1) is 13.7. The minimum atomic E-state index is 0.0636. The van der Waals surface area contributed by atoms with Gasteiger partial charge in [-0.1, -0.05) is 12.1 Å². The molecule has 1 aromatic carbocycles. The Hall–Kier alpha value is -3.15. The van der Waals surface area contributed by atoms with Gasteiger partial charge in [-0.2, -0.15) is 0 Å². The van der Waals surface area contributed by atoms with E-state index < -0.39 is 0 Å². The third-order valence-corrected chi connectivity index (χ3v) is 5.22. The molecule has 4 rings (SSSR count). The number of nitrogens with zero attached hydrogens (tertiary/aromatic N) is 4. The van der Waals surface area contributed by atoms with Crippen molar-refractivity contribution in [1.29, 1.82) is 0 Å². The van der Waals surface area contributed by atoms with Gasteiger partial charge in [0.15, 0.2) is 0 Å². The molecular weight excluding hydrogens is 352 g/mol. The number of methoxy groups -OCH3 is 1. The van der Waals surface area contributed by atoms with E-state index in [1.54, 1.807) is 19.5 Å². The zero-order chi connectivity index (χ0) is 19.5. The zero-order valence-corrected chi connectivity index (χ0v) is 16.3. The lowest BCUT2D eigenvalue weighted by atomic mass is 10.1. The molecule has 0 unspecified atom stereocenters. The highest BCUT2D eigenvalue weighted by Gasteiger charge is 2.24. The largest absolute Gasteiger partial charge is 0.494 e. The molecule has 28 heavy (non-hydrogen) atoms. The molecule has 2 aromatic heterocycles. The molecule has 1 aliphatic heterocycles. The van der Waals surface area contributed by atoms with Crippen LogP contribution in [0.1, 0.15) is 28.8 Å². The maximum absolute atomic E-state index is 13.0. The van der Waals surface area contributed by atoms with Crippen LogP contribution in [0.25, 0.3) is 10.9 Å². The van der Waals surface area contributed by atoms with Crippen LogP contribution in [0.5, 0.6) is 5.75 Å². The number of aromatic nitrogens is 2. The fourth-order valence-electron chi connectivity index (χ4n) is 3.80. The number of fused-ring (bicyclic) bond motifs is 1. The van der Waals surface area contributed by atoms with E-state index in [1.165, 1.54) is 0 Å². The van der Waals surface area contributed by atoms with Crippen LogP contribution in [-0.2, 0) is 6.54 Å². The number of carbonyl (C=O) groups excluding carboxylic acids is 1. The second kappa shape index (κ2) is 7.84. The summed E-state index contributed by atoms with van der Waals surface area (Å²) >= 11 is 0. The Morgan fingerprint density at radius 1 is 1.11 bits per heavy atom. The van der Waals surface area contributed by atoms with Gasteiger partial charge in [-0.3, -0.25) is 9.78 Å². The topological polar surface area (TPSA) is 58.6 Å². The van der Waals surface area contributed by atoms with Gasteiger partial charge in [0.05, 0.1) is 12.7 Å². The highest BCUT2D eigenvalue weighted by Crippen LogP contribution is 2.29. The number of hydrogen-bond acceptors (Lipinski definition) is 5. The molecule has 6 heteroatoms. The van der Waals surface area contributed by atoms with Crippen molar-refractivity contribution in [3.05, 3.63) is 59.9 Å². The van der Waals surface area contributed by atoms with Crippen molar-refractivity contribution >= 4 is 22.6 Å². The maximum atomic E-state index is 13.0. The zero-order valence-electron chi connectivity index (χ0n) is 16.3. The van der Waals surface area contributed by atoms with Crippen molar-refractivity contribution in [2.45, 2.75) is 19.4 Å². The molecule has 1 aliphatic rings. The molecule has 6 nitrogen and oxygen atoms in total. The molecule has 3 aromatic rings. The average Bonchev–Trinajstić information content (AvgIpc) is 3.28. The van der Waals surface area contributed by atoms with Gasteiger partial charge in [-0.25, -0.2) is 4.98 Å². The molecule has 144 valence electrons. The minimum Gasteiger partial charge on any atom is -0.494 e. The van der Waals surface area contributed by atoms with Crippen molar-refractivity contribution < 1.29 is 9.53 Å². The van der Waals surface area contributed by atoms with E-state index in [4.69, 9.17) is 4.74 Å². The van der Waals surface area contributed by atoms with E-state index in [9.17, 15) is 4.79 Å². The van der Waals surface area contributed by atoms with E-state index in [0.717, 1.165) is 48.1 Å². The minimum absolute atomic E-state index is 0.0636. The van der Waals surface area contributed by atoms with Gasteiger partial charge in [0.2, 0.25) is 0 Å². The van der Waals surface area contributed by atoms with Crippen molar-refractivity contribution in [2.75, 3.05) is 32.1 Å². The van der Waals surface area contributed by atoms with Crippen molar-refractivity contribution in [3.8, 4) is 5.75 Å². The molecule has 0 aliphatic carbocycles. The summed E-state index contributed by atoms with van der Waals surface area (Å²) in [6, 6.07) is 11.6. The molecule has 1 saturated heterocycles. The molecule has 0 radical (unpaired) electrons. The van der Waals surface area contributed by atoms with Gasteiger partial charge in [0.1, 0.15) is 17.1 Å². The number of pyridine rings is 2. The lowest BCUT2D eigenvalue weighted by Crippen LogP contribution is -2.30. The highest BCUT2D eigenvalue weighted by atomic mass is 16.5. The van der Waals surface area contributed by atoms with Gasteiger partial charge >= 0.3 is 0 Å². The van der Waals surface area contributed by atoms with Gasteiger partial charge in [0, 0.05) is 44.5 Å². The molecule has 0 bridgehead atoms. The van der Waals surface area contributed by atoms with E-state index in [2.05, 4.69) is 9.97 Å². The Labute approximate surface area is 164 Å². The third kappa shape index (κ3) is 3.38. The van der Waals surface area contributed by atoms with Crippen LogP contribution in [0, 0.1) is 0 Å². The summed E-state index contributed by atoms with van der Waals surface area (Å²) in [6.45, 7) is 2.26. The fourth-order valence-corrected chi connectivity index (χ4v) is 3.80. The fraction of sp³-hybridized carbons (Fsp3) is 0.318. The summed E-state index contributed by atoms with van der Waals surface area (Å²) in [4.78, 5) is 25.9. The summed E-state index contributed by atoms with van der Waals surface area (Å²) < 4.78 is 5.44. The first-order valence-corrected chi connectivity index (χ1v) is 9.55. The summed E-state index contributed by atoms with van der Waals surface area (Å²) in [5.41, 5.74) is 2.60. The predicted octanol–water partition coefficient (Wildman–Crippen LogP) is 3.51. The number of ether oxygens (including phenoxy) is 1. The summed E-state index contributed by atoms with van der Waals surface area (Å²) in [5.74, 6) is 1.52. The molecule has 1 amide bonds. The molecule has 0 atom stereocenters. The number of rotatable bonds is 5. The molecular formula is C22H24N4O2. The monoisotopic (exact) mass is 376 g/mol. The number of likely N-dealkylation sites (tertiary alicyclic amines) is 1. The normalized spacial score (nSPS) is 13.7. The van der Waals surface area contributed by atoms with Crippen LogP contribution in [-0.4, -0.2) is 48.0 Å². The summed E-state index contributed by atoms with van der Waals surface area (Å²) in [7, 11) is 3.62. The van der Waals surface area contributed by atoms with Crippen LogP contribution >= 0.6 is 0 Å². The van der Waals surface area contributed by atoms with Gasteiger partial charge < -0.3 is 14.5 Å². The standard InChI is InChI=1S/C22H24N4O2/c1-25(15-16-9-10-19(28-2)20-17(16)7-5-11-23-20)21-18(8-6-12-24-21)22(27)26-13-3-4-14-26/h5-12H,3-4,13-15H2,1-2H3. The first kappa shape index (κ1) is 18.2. The molecule has 0 N–H and O–H groups in total. The van der Waals surface area contributed by atoms with Gasteiger partial charge in [0.25, 0.3) is 5.91 Å². The summed E-state index contributed by atoms with van der Waals surface area (Å²) in [6.07, 6.45) is 5.65. The van der Waals surface area contributed by atoms with E-state index in [-0.39, 0.29) is 5.91 Å². The van der Waals surface area contributed by atoms with E-state index >= 15 is 0 Å². The van der Waals surface area contributed by atoms with Crippen molar-refractivity contribution in [3.63, 3.8) is 0 Å². The van der Waals surface area contributed by atoms with Crippen LogP contribution in [0.3, 0.4) is 0 Å². The predicted molar refractivity (Wildman–Crippen MR) is 110 cm³/mol. The molecule has 0 spiro atoms. The SMILES string of the molecule is COc1ccc(CN(C)c2ncccc2C(=O)N2CCCC2)c2cccnc12. The Bertz CT molecular complexity index is 999. The number of benzene rings is 1. The van der Waals surface area contributed by atoms with Crippen LogP contribution < -0.4 is 9.64 Å². The molecule has 0 saturated carbocycles. The quantitative estimate of drug-likeness (QED) is 0.682. The Balaban J connectivity index is 1.66. The highest BCUT2D eigenvalue weighted by molar-refractivity contribution is 5.99. The van der Waals surface area contributed by atoms with Crippen molar-refractivity contribution in [2.24, 2.45) is 0 Å². The van der Waals surface area contributed by atoms with Crippen molar-refractivity contribution in [1.82, 2.24) is 14.9 Å². The lowest BCUT2D eigenvalue weighted by Gasteiger charge is -2.24. The molecule has 1 fully saturated rings. The summed E-state index contributed by atoms with van der Waals surface area (Å²) in [5, 5.41) is 1.04. The van der Waals surface area contributed by atoms with Gasteiger partial charge in [-0.05, 0) is 42.7 Å². The van der Waals surface area contributed by atoms with Crippen LogP contribution in [0.15, 0.2) is 48.8 Å². The Morgan fingerprint density at radius 3 is 2.64 bits per heavy atom. The number of amides is 1. The average molecular weight is 376 g/mol. The Morgan fingerprint density at radius 2 is 1.86 bits per heavy atom. The van der Waals surface area contributed by atoms with Gasteiger partial charge in [-0.15, -0.1) is 0 Å². The first-order valence-electron chi connectivity index (χ1n) is 9.55. The van der Waals surface area contributed by atoms with E-state index in [0.29, 0.717) is 17.9 Å².